The molecule has 0 aromatic heterocycles. The van der Waals surface area contributed by atoms with Crippen LogP contribution in [-0.4, -0.2) is 63.7 Å². The van der Waals surface area contributed by atoms with Crippen LogP contribution in [0.25, 0.3) is 0 Å². The molecule has 184 valence electrons. The Morgan fingerprint density at radius 3 is 2.44 bits per heavy atom. The van der Waals surface area contributed by atoms with Crippen LogP contribution in [0, 0.1) is 5.82 Å². The Hall–Kier alpha value is -3.34. The molecule has 0 unspecified atom stereocenters. The minimum Gasteiger partial charge on any atom is -0.486 e. The highest BCUT2D eigenvalue weighted by molar-refractivity contribution is 7.92. The van der Waals surface area contributed by atoms with Gasteiger partial charge in [0.15, 0.2) is 11.5 Å². The lowest BCUT2D eigenvalue weighted by atomic mass is 10.1. The number of carbonyl (C=O) groups is 2. The van der Waals surface area contributed by atoms with Crippen LogP contribution in [-0.2, 0) is 26.2 Å². The topological polar surface area (TPSA) is 105 Å². The fraction of sp³-hybridized carbons (Fsp3) is 0.391. The molecule has 1 aliphatic rings. The number of benzene rings is 2. The third kappa shape index (κ3) is 5.96. The Morgan fingerprint density at radius 1 is 1.12 bits per heavy atom. The van der Waals surface area contributed by atoms with Gasteiger partial charge in [0.1, 0.15) is 31.6 Å². The number of likely N-dealkylation sites (N-methyl/N-ethyl adjacent to an activating group) is 1. The maximum Gasteiger partial charge on any atom is 0.244 e. The first kappa shape index (κ1) is 25.3. The van der Waals surface area contributed by atoms with E-state index in [-0.39, 0.29) is 17.8 Å². The maximum atomic E-state index is 14.3. The number of hydrogen-bond donors (Lipinski definition) is 1. The molecule has 0 saturated carbocycles. The van der Waals surface area contributed by atoms with Crippen molar-refractivity contribution in [2.24, 2.45) is 0 Å². The quantitative estimate of drug-likeness (QED) is 0.572. The van der Waals surface area contributed by atoms with Crippen LogP contribution in [0.1, 0.15) is 19.4 Å². The third-order valence-electron chi connectivity index (χ3n) is 5.31. The van der Waals surface area contributed by atoms with Crippen LogP contribution >= 0.6 is 0 Å². The second-order valence-electron chi connectivity index (χ2n) is 7.78. The van der Waals surface area contributed by atoms with E-state index in [4.69, 9.17) is 9.47 Å². The predicted octanol–water partition coefficient (Wildman–Crippen LogP) is 1.92. The summed E-state index contributed by atoms with van der Waals surface area (Å²) in [5, 5.41) is 2.64. The van der Waals surface area contributed by atoms with Gasteiger partial charge in [0, 0.05) is 24.7 Å². The number of sulfonamides is 1. The second-order valence-corrected chi connectivity index (χ2v) is 9.69. The van der Waals surface area contributed by atoms with Gasteiger partial charge in [-0.15, -0.1) is 0 Å². The van der Waals surface area contributed by atoms with Crippen molar-refractivity contribution in [1.82, 2.24) is 10.2 Å². The van der Waals surface area contributed by atoms with Crippen LogP contribution in [0.2, 0.25) is 0 Å². The molecule has 34 heavy (non-hydrogen) atoms. The zero-order chi connectivity index (χ0) is 24.9. The average molecular weight is 494 g/mol. The van der Waals surface area contributed by atoms with Crippen LogP contribution in [0.15, 0.2) is 42.5 Å². The minimum absolute atomic E-state index is 0.205. The summed E-state index contributed by atoms with van der Waals surface area (Å²) in [5.41, 5.74) is 0.411. The molecule has 1 aliphatic heterocycles. The smallest absolute Gasteiger partial charge is 0.244 e. The van der Waals surface area contributed by atoms with Crippen molar-refractivity contribution in [2.75, 3.05) is 36.9 Å². The van der Waals surface area contributed by atoms with Crippen molar-refractivity contribution in [3.05, 3.63) is 53.8 Å². The van der Waals surface area contributed by atoms with Gasteiger partial charge in [-0.25, -0.2) is 12.8 Å². The predicted molar refractivity (Wildman–Crippen MR) is 125 cm³/mol. The van der Waals surface area contributed by atoms with E-state index in [2.05, 4.69) is 5.32 Å². The molecular formula is C23H28FN3O6S. The molecule has 2 aromatic carbocycles. The zero-order valence-corrected chi connectivity index (χ0v) is 20.1. The van der Waals surface area contributed by atoms with E-state index in [9.17, 15) is 22.4 Å². The summed E-state index contributed by atoms with van der Waals surface area (Å²) in [6, 6.07) is 9.51. The monoisotopic (exact) mass is 493 g/mol. The molecule has 0 fully saturated rings. The number of fused-ring (bicyclic) bond motifs is 1. The van der Waals surface area contributed by atoms with Crippen molar-refractivity contribution < 1.29 is 31.9 Å². The number of ether oxygens (including phenoxy) is 2. The van der Waals surface area contributed by atoms with Crippen LogP contribution in [0.5, 0.6) is 11.5 Å². The lowest BCUT2D eigenvalue weighted by Crippen LogP contribution is -2.51. The van der Waals surface area contributed by atoms with Gasteiger partial charge in [0.2, 0.25) is 21.8 Å². The van der Waals surface area contributed by atoms with E-state index in [1.165, 1.54) is 42.2 Å². The van der Waals surface area contributed by atoms with Crippen LogP contribution < -0.4 is 19.1 Å². The summed E-state index contributed by atoms with van der Waals surface area (Å²) < 4.78 is 51.5. The summed E-state index contributed by atoms with van der Waals surface area (Å²) in [6.45, 7) is 3.49. The molecule has 2 aromatic rings. The van der Waals surface area contributed by atoms with Crippen molar-refractivity contribution in [3.8, 4) is 11.5 Å². The Kier molecular flexibility index (Phi) is 7.98. The third-order valence-corrected chi connectivity index (χ3v) is 6.45. The minimum atomic E-state index is -3.90. The van der Waals surface area contributed by atoms with E-state index in [1.807, 2.05) is 0 Å². The molecule has 1 heterocycles. The van der Waals surface area contributed by atoms with Crippen LogP contribution in [0.3, 0.4) is 0 Å². The highest BCUT2D eigenvalue weighted by Crippen LogP contribution is 2.34. The molecule has 11 heteroatoms. The number of nitrogens with zero attached hydrogens (tertiary/aromatic N) is 2. The lowest BCUT2D eigenvalue weighted by molar-refractivity contribution is -0.139. The summed E-state index contributed by atoms with van der Waals surface area (Å²) in [6.07, 6.45) is 0.978. The molecule has 1 N–H and O–H groups in total. The van der Waals surface area contributed by atoms with Crippen molar-refractivity contribution in [2.45, 2.75) is 26.4 Å². The molecule has 0 saturated heterocycles. The Morgan fingerprint density at radius 2 is 1.79 bits per heavy atom. The highest BCUT2D eigenvalue weighted by atomic mass is 32.2. The molecule has 3 rings (SSSR count). The molecule has 0 bridgehead atoms. The largest absolute Gasteiger partial charge is 0.486 e. The maximum absolute atomic E-state index is 14.3. The van der Waals surface area contributed by atoms with Gasteiger partial charge >= 0.3 is 0 Å². The molecular weight excluding hydrogens is 465 g/mol. The number of amides is 2. The van der Waals surface area contributed by atoms with E-state index in [0.717, 1.165) is 10.6 Å². The normalized spacial score (nSPS) is 13.6. The standard InChI is InChI=1S/C23H28FN3O6S/c1-4-25-23(29)16(2)26(14-17-7-5-6-8-19(17)24)22(28)15-27(34(3,30)31)18-9-10-20-21(13-18)33-12-11-32-20/h5-10,13,16H,4,11-12,14-15H2,1-3H3,(H,25,29)/t16-/m1/s1. The number of halogens is 1. The zero-order valence-electron chi connectivity index (χ0n) is 19.3. The van der Waals surface area contributed by atoms with Crippen molar-refractivity contribution >= 4 is 27.5 Å². The van der Waals surface area contributed by atoms with Crippen molar-refractivity contribution in [3.63, 3.8) is 0 Å². The molecule has 0 radical (unpaired) electrons. The number of rotatable bonds is 9. The Labute approximate surface area is 198 Å². The number of anilines is 1. The van der Waals surface area contributed by atoms with Gasteiger partial charge in [0.25, 0.3) is 0 Å². The average Bonchev–Trinajstić information content (AvgIpc) is 2.80. The van der Waals surface area contributed by atoms with Gasteiger partial charge in [0.05, 0.1) is 11.9 Å². The van der Waals surface area contributed by atoms with Gasteiger partial charge in [-0.3, -0.25) is 13.9 Å². The summed E-state index contributed by atoms with van der Waals surface area (Å²) >= 11 is 0. The fourth-order valence-electron chi connectivity index (χ4n) is 3.52. The lowest BCUT2D eigenvalue weighted by Gasteiger charge is -2.31. The molecule has 0 spiro atoms. The van der Waals surface area contributed by atoms with E-state index < -0.39 is 40.2 Å². The van der Waals surface area contributed by atoms with Gasteiger partial charge < -0.3 is 19.7 Å². The summed E-state index contributed by atoms with van der Waals surface area (Å²) in [5.74, 6) is -0.792. The van der Waals surface area contributed by atoms with Crippen LogP contribution in [0.4, 0.5) is 10.1 Å². The highest BCUT2D eigenvalue weighted by Gasteiger charge is 2.31. The Balaban J connectivity index is 1.93. The fourth-order valence-corrected chi connectivity index (χ4v) is 4.36. The van der Waals surface area contributed by atoms with Gasteiger partial charge in [-0.1, -0.05) is 18.2 Å². The van der Waals surface area contributed by atoms with Gasteiger partial charge in [-0.05, 0) is 32.0 Å². The summed E-state index contributed by atoms with van der Waals surface area (Å²) in [4.78, 5) is 27.1. The number of carbonyl (C=O) groups excluding carboxylic acids is 2. The Bertz CT molecular complexity index is 1160. The molecule has 9 nitrogen and oxygen atoms in total. The van der Waals surface area contributed by atoms with E-state index >= 15 is 0 Å². The molecule has 0 aliphatic carbocycles. The van der Waals surface area contributed by atoms with E-state index in [1.54, 1.807) is 19.1 Å². The van der Waals surface area contributed by atoms with Crippen molar-refractivity contribution in [1.29, 1.82) is 0 Å². The number of nitrogens with one attached hydrogen (secondary N) is 1. The first-order valence-corrected chi connectivity index (χ1v) is 12.6. The molecule has 1 atom stereocenters. The molecule has 2 amide bonds. The van der Waals surface area contributed by atoms with E-state index in [0.29, 0.717) is 31.3 Å². The number of hydrogen-bond acceptors (Lipinski definition) is 6. The summed E-state index contributed by atoms with van der Waals surface area (Å²) in [7, 11) is -3.90. The SMILES string of the molecule is CCNC(=O)[C@@H](C)N(Cc1ccccc1F)C(=O)CN(c1ccc2c(c1)OCCO2)S(C)(=O)=O. The van der Waals surface area contributed by atoms with Gasteiger partial charge in [-0.2, -0.15) is 0 Å². The first-order valence-electron chi connectivity index (χ1n) is 10.8. The second kappa shape index (κ2) is 10.7. The first-order chi connectivity index (χ1) is 16.1.